The minimum atomic E-state index is -4.53. The molecule has 0 amide bonds. The van der Waals surface area contributed by atoms with Crippen LogP contribution in [-0.4, -0.2) is 19.6 Å². The third-order valence-corrected chi connectivity index (χ3v) is 6.08. The monoisotopic (exact) mass is 492 g/mol. The molecule has 0 bridgehead atoms. The Morgan fingerprint density at radius 3 is 2.35 bits per heavy atom. The SMILES string of the molecule is Cc1ccc(NS(=O)(=O)c2ccc(NN=Cc3cccc(C(F)(F)F)c3)c([N+](=O)[O-])c2)c(C)c1. The lowest BCUT2D eigenvalue weighted by atomic mass is 10.1. The van der Waals surface area contributed by atoms with Crippen molar-refractivity contribution in [3.8, 4) is 0 Å². The highest BCUT2D eigenvalue weighted by Gasteiger charge is 2.30. The fourth-order valence-electron chi connectivity index (χ4n) is 3.03. The molecule has 0 radical (unpaired) electrons. The average molecular weight is 492 g/mol. The molecule has 0 aliphatic heterocycles. The number of nitro groups is 1. The Kier molecular flexibility index (Phi) is 6.91. The third kappa shape index (κ3) is 5.90. The largest absolute Gasteiger partial charge is 0.416 e. The fourth-order valence-corrected chi connectivity index (χ4v) is 4.18. The first-order chi connectivity index (χ1) is 15.9. The molecule has 0 saturated heterocycles. The Morgan fingerprint density at radius 2 is 1.71 bits per heavy atom. The molecule has 0 unspecified atom stereocenters. The normalized spacial score (nSPS) is 12.0. The summed E-state index contributed by atoms with van der Waals surface area (Å²) in [4.78, 5) is 10.4. The van der Waals surface area contributed by atoms with Crippen LogP contribution in [0.3, 0.4) is 0 Å². The maximum absolute atomic E-state index is 12.8. The number of nitrogens with zero attached hydrogens (tertiary/aromatic N) is 2. The van der Waals surface area contributed by atoms with Gasteiger partial charge in [-0.15, -0.1) is 0 Å². The third-order valence-electron chi connectivity index (χ3n) is 4.72. The number of nitro benzene ring substituents is 1. The average Bonchev–Trinajstić information content (AvgIpc) is 2.75. The Morgan fingerprint density at radius 1 is 1.00 bits per heavy atom. The van der Waals surface area contributed by atoms with Crippen LogP contribution >= 0.6 is 0 Å². The molecule has 178 valence electrons. The van der Waals surface area contributed by atoms with Crippen molar-refractivity contribution in [2.24, 2.45) is 5.10 Å². The lowest BCUT2D eigenvalue weighted by Crippen LogP contribution is -2.14. The number of halogens is 3. The van der Waals surface area contributed by atoms with Crippen molar-refractivity contribution in [3.05, 3.63) is 93.0 Å². The van der Waals surface area contributed by atoms with E-state index in [-0.39, 0.29) is 16.1 Å². The van der Waals surface area contributed by atoms with Crippen LogP contribution in [0.4, 0.5) is 30.2 Å². The van der Waals surface area contributed by atoms with Crippen molar-refractivity contribution >= 4 is 33.3 Å². The molecule has 3 rings (SSSR count). The predicted octanol–water partition coefficient (Wildman–Crippen LogP) is 5.48. The van der Waals surface area contributed by atoms with Gasteiger partial charge in [-0.2, -0.15) is 18.3 Å². The van der Waals surface area contributed by atoms with Gasteiger partial charge in [0.2, 0.25) is 0 Å². The van der Waals surface area contributed by atoms with Gasteiger partial charge in [0.1, 0.15) is 5.69 Å². The van der Waals surface area contributed by atoms with Crippen molar-refractivity contribution < 1.29 is 26.5 Å². The molecular weight excluding hydrogens is 473 g/mol. The van der Waals surface area contributed by atoms with Gasteiger partial charge in [-0.25, -0.2) is 8.42 Å². The number of sulfonamides is 1. The predicted molar refractivity (Wildman–Crippen MR) is 122 cm³/mol. The zero-order valence-electron chi connectivity index (χ0n) is 17.9. The summed E-state index contributed by atoms with van der Waals surface area (Å²) in [7, 11) is -4.13. The molecule has 0 heterocycles. The molecule has 0 aliphatic rings. The lowest BCUT2D eigenvalue weighted by molar-refractivity contribution is -0.384. The van der Waals surface area contributed by atoms with Gasteiger partial charge in [-0.05, 0) is 55.3 Å². The minimum absolute atomic E-state index is 0.113. The molecule has 0 aromatic heterocycles. The first-order valence-electron chi connectivity index (χ1n) is 9.72. The summed E-state index contributed by atoms with van der Waals surface area (Å²) in [6.07, 6.45) is -3.46. The molecule has 12 heteroatoms. The number of hydrazone groups is 1. The summed E-state index contributed by atoms with van der Waals surface area (Å²) in [5.41, 5.74) is 2.86. The zero-order chi connectivity index (χ0) is 25.1. The molecule has 0 spiro atoms. The van der Waals surface area contributed by atoms with Crippen LogP contribution < -0.4 is 10.1 Å². The standard InChI is InChI=1S/C22H19F3N4O4S/c1-14-6-8-19(15(2)10-14)28-34(32,33)18-7-9-20(21(12-18)29(30)31)27-26-13-16-4-3-5-17(11-16)22(23,24)25/h3-13,27-28H,1-2H3. The van der Waals surface area contributed by atoms with Crippen LogP contribution in [0.5, 0.6) is 0 Å². The van der Waals surface area contributed by atoms with Crippen LogP contribution in [-0.2, 0) is 16.2 Å². The van der Waals surface area contributed by atoms with E-state index in [0.29, 0.717) is 11.3 Å². The van der Waals surface area contributed by atoms with E-state index in [0.717, 1.165) is 42.1 Å². The highest BCUT2D eigenvalue weighted by molar-refractivity contribution is 7.92. The lowest BCUT2D eigenvalue weighted by Gasteiger charge is -2.12. The molecular formula is C22H19F3N4O4S. The second kappa shape index (κ2) is 9.51. The zero-order valence-corrected chi connectivity index (χ0v) is 18.7. The van der Waals surface area contributed by atoms with Crippen LogP contribution in [0, 0.1) is 24.0 Å². The maximum Gasteiger partial charge on any atom is 0.416 e. The van der Waals surface area contributed by atoms with Crippen molar-refractivity contribution in [1.82, 2.24) is 0 Å². The van der Waals surface area contributed by atoms with E-state index in [1.807, 2.05) is 6.92 Å². The number of benzene rings is 3. The van der Waals surface area contributed by atoms with Crippen molar-refractivity contribution in [3.63, 3.8) is 0 Å². The summed E-state index contributed by atoms with van der Waals surface area (Å²) in [6, 6.07) is 12.6. The molecule has 3 aromatic rings. The van der Waals surface area contributed by atoms with E-state index in [9.17, 15) is 31.7 Å². The fraction of sp³-hybridized carbons (Fsp3) is 0.136. The summed E-state index contributed by atoms with van der Waals surface area (Å²) < 4.78 is 66.4. The second-order valence-electron chi connectivity index (χ2n) is 7.35. The van der Waals surface area contributed by atoms with Gasteiger partial charge >= 0.3 is 6.18 Å². The summed E-state index contributed by atoms with van der Waals surface area (Å²) >= 11 is 0. The molecule has 8 nitrogen and oxygen atoms in total. The minimum Gasteiger partial charge on any atom is -0.279 e. The van der Waals surface area contributed by atoms with E-state index in [1.165, 1.54) is 12.1 Å². The summed E-state index contributed by atoms with van der Waals surface area (Å²) in [6.45, 7) is 3.58. The van der Waals surface area contributed by atoms with Gasteiger partial charge in [0, 0.05) is 6.07 Å². The van der Waals surface area contributed by atoms with Crippen LogP contribution in [0.25, 0.3) is 0 Å². The van der Waals surface area contributed by atoms with Gasteiger partial charge in [-0.1, -0.05) is 29.8 Å². The molecule has 0 fully saturated rings. The Hall–Kier alpha value is -3.93. The Labute approximate surface area is 193 Å². The number of nitrogens with one attached hydrogen (secondary N) is 2. The van der Waals surface area contributed by atoms with Gasteiger partial charge in [-0.3, -0.25) is 20.3 Å². The quantitative estimate of drug-likeness (QED) is 0.258. The highest BCUT2D eigenvalue weighted by atomic mass is 32.2. The first kappa shape index (κ1) is 24.7. The van der Waals surface area contributed by atoms with Gasteiger partial charge in [0.25, 0.3) is 15.7 Å². The number of anilines is 2. The molecule has 34 heavy (non-hydrogen) atoms. The topological polar surface area (TPSA) is 114 Å². The van der Waals surface area contributed by atoms with E-state index < -0.39 is 32.4 Å². The number of alkyl halides is 3. The van der Waals surface area contributed by atoms with Crippen molar-refractivity contribution in [2.75, 3.05) is 10.1 Å². The smallest absolute Gasteiger partial charge is 0.279 e. The van der Waals surface area contributed by atoms with Crippen LogP contribution in [0.2, 0.25) is 0 Å². The molecule has 3 aromatic carbocycles. The number of aryl methyl sites for hydroxylation is 2. The Bertz CT molecular complexity index is 1370. The van der Waals surface area contributed by atoms with E-state index in [1.54, 1.807) is 25.1 Å². The van der Waals surface area contributed by atoms with Crippen LogP contribution in [0.1, 0.15) is 22.3 Å². The molecule has 2 N–H and O–H groups in total. The summed E-state index contributed by atoms with van der Waals surface area (Å²) in [5, 5.41) is 15.3. The van der Waals surface area contributed by atoms with Crippen LogP contribution in [0.15, 0.2) is 70.7 Å². The number of hydrogen-bond donors (Lipinski definition) is 2. The number of hydrogen-bond acceptors (Lipinski definition) is 6. The van der Waals surface area contributed by atoms with E-state index in [4.69, 9.17) is 0 Å². The van der Waals surface area contributed by atoms with Gasteiger partial charge in [0.05, 0.1) is 27.3 Å². The van der Waals surface area contributed by atoms with E-state index in [2.05, 4.69) is 15.2 Å². The first-order valence-corrected chi connectivity index (χ1v) is 11.2. The number of rotatable bonds is 7. The Balaban J connectivity index is 1.84. The summed E-state index contributed by atoms with van der Waals surface area (Å²) in [5.74, 6) is 0. The maximum atomic E-state index is 12.8. The van der Waals surface area contributed by atoms with Gasteiger partial charge < -0.3 is 0 Å². The molecule has 0 saturated carbocycles. The van der Waals surface area contributed by atoms with Gasteiger partial charge in [0.15, 0.2) is 0 Å². The molecule has 0 aliphatic carbocycles. The highest BCUT2D eigenvalue weighted by Crippen LogP contribution is 2.30. The van der Waals surface area contributed by atoms with Crippen molar-refractivity contribution in [2.45, 2.75) is 24.9 Å². The van der Waals surface area contributed by atoms with Crippen molar-refractivity contribution in [1.29, 1.82) is 0 Å². The second-order valence-corrected chi connectivity index (χ2v) is 9.04. The van der Waals surface area contributed by atoms with E-state index >= 15 is 0 Å². The molecule has 0 atom stereocenters.